The molecule has 0 fully saturated rings. The van der Waals surface area contributed by atoms with E-state index in [-0.39, 0.29) is 6.61 Å². The molecule has 0 atom stereocenters. The standard InChI is InChI=1S/C23H22O8/c1-26-16-6-7-17-15(10-23(25)31-19(17)11-16)13-30-22(24)8-5-14-9-20(28-3)21(29-4)12-18(14)27-2/h5-12H,13H2,1-4H3/b8-5+. The molecular weight excluding hydrogens is 404 g/mol. The van der Waals surface area contributed by atoms with Gasteiger partial charge in [0.1, 0.15) is 23.7 Å². The Kier molecular flexibility index (Phi) is 6.81. The number of hydrogen-bond donors (Lipinski definition) is 0. The molecule has 0 N–H and O–H groups in total. The van der Waals surface area contributed by atoms with E-state index in [2.05, 4.69) is 0 Å². The Hall–Kier alpha value is -3.94. The number of methoxy groups -OCH3 is 4. The molecule has 0 saturated heterocycles. The van der Waals surface area contributed by atoms with Gasteiger partial charge in [-0.25, -0.2) is 9.59 Å². The largest absolute Gasteiger partial charge is 0.497 e. The third-order valence-electron chi connectivity index (χ3n) is 4.54. The molecule has 31 heavy (non-hydrogen) atoms. The maximum absolute atomic E-state index is 12.3. The Morgan fingerprint density at radius 1 is 0.903 bits per heavy atom. The molecule has 162 valence electrons. The van der Waals surface area contributed by atoms with Crippen molar-refractivity contribution in [3.05, 3.63) is 64.0 Å². The summed E-state index contributed by atoms with van der Waals surface area (Å²) in [5.74, 6) is 1.46. The fraction of sp³-hybridized carbons (Fsp3) is 0.217. The molecule has 0 bridgehead atoms. The number of rotatable bonds is 8. The quantitative estimate of drug-likeness (QED) is 0.307. The first-order valence-corrected chi connectivity index (χ1v) is 9.24. The lowest BCUT2D eigenvalue weighted by Gasteiger charge is -2.12. The van der Waals surface area contributed by atoms with Gasteiger partial charge in [0, 0.05) is 40.8 Å². The third kappa shape index (κ3) is 4.98. The van der Waals surface area contributed by atoms with Gasteiger partial charge in [-0.15, -0.1) is 0 Å². The first-order valence-electron chi connectivity index (χ1n) is 9.24. The van der Waals surface area contributed by atoms with Crippen LogP contribution in [0.3, 0.4) is 0 Å². The molecule has 3 aromatic rings. The Morgan fingerprint density at radius 3 is 2.29 bits per heavy atom. The van der Waals surface area contributed by atoms with Crippen molar-refractivity contribution in [3.8, 4) is 23.0 Å². The summed E-state index contributed by atoms with van der Waals surface area (Å²) < 4.78 is 31.5. The van der Waals surface area contributed by atoms with Gasteiger partial charge in [0.15, 0.2) is 11.5 Å². The SMILES string of the molecule is COc1ccc2c(COC(=O)/C=C/c3cc(OC)c(OC)cc3OC)cc(=O)oc2c1. The van der Waals surface area contributed by atoms with Crippen molar-refractivity contribution >= 4 is 23.0 Å². The van der Waals surface area contributed by atoms with E-state index in [1.165, 1.54) is 40.6 Å². The highest BCUT2D eigenvalue weighted by atomic mass is 16.5. The van der Waals surface area contributed by atoms with E-state index in [0.29, 0.717) is 45.1 Å². The second kappa shape index (κ2) is 9.71. The van der Waals surface area contributed by atoms with Crippen LogP contribution in [0.5, 0.6) is 23.0 Å². The van der Waals surface area contributed by atoms with Crippen molar-refractivity contribution in [1.82, 2.24) is 0 Å². The molecule has 0 unspecified atom stereocenters. The molecule has 1 heterocycles. The molecule has 0 spiro atoms. The number of ether oxygens (including phenoxy) is 5. The van der Waals surface area contributed by atoms with E-state index < -0.39 is 11.6 Å². The second-order valence-corrected chi connectivity index (χ2v) is 6.34. The van der Waals surface area contributed by atoms with Gasteiger partial charge in [-0.2, -0.15) is 0 Å². The number of esters is 1. The van der Waals surface area contributed by atoms with Crippen LogP contribution in [0.15, 0.2) is 51.7 Å². The van der Waals surface area contributed by atoms with Crippen LogP contribution in [-0.4, -0.2) is 34.4 Å². The molecule has 8 heteroatoms. The smallest absolute Gasteiger partial charge is 0.336 e. The zero-order valence-corrected chi connectivity index (χ0v) is 17.6. The lowest BCUT2D eigenvalue weighted by atomic mass is 10.1. The molecule has 0 aliphatic heterocycles. The van der Waals surface area contributed by atoms with Gasteiger partial charge in [-0.3, -0.25) is 0 Å². The van der Waals surface area contributed by atoms with E-state index in [1.54, 1.807) is 36.4 Å². The zero-order valence-electron chi connectivity index (χ0n) is 17.6. The summed E-state index contributed by atoms with van der Waals surface area (Å²) in [5, 5.41) is 0.652. The topological polar surface area (TPSA) is 93.4 Å². The van der Waals surface area contributed by atoms with Gasteiger partial charge in [0.05, 0.1) is 28.4 Å². The van der Waals surface area contributed by atoms with Crippen molar-refractivity contribution in [3.63, 3.8) is 0 Å². The first kappa shape index (κ1) is 21.8. The maximum Gasteiger partial charge on any atom is 0.336 e. The van der Waals surface area contributed by atoms with Crippen molar-refractivity contribution < 1.29 is 32.9 Å². The Balaban J connectivity index is 1.78. The van der Waals surface area contributed by atoms with E-state index in [9.17, 15) is 9.59 Å². The van der Waals surface area contributed by atoms with Gasteiger partial charge < -0.3 is 28.1 Å². The van der Waals surface area contributed by atoms with Crippen LogP contribution in [0.1, 0.15) is 11.1 Å². The van der Waals surface area contributed by atoms with E-state index >= 15 is 0 Å². The minimum atomic E-state index is -0.591. The van der Waals surface area contributed by atoms with Gasteiger partial charge in [0.2, 0.25) is 0 Å². The Bertz CT molecular complexity index is 1180. The molecule has 8 nitrogen and oxygen atoms in total. The summed E-state index contributed by atoms with van der Waals surface area (Å²) in [7, 11) is 6.07. The van der Waals surface area contributed by atoms with E-state index in [1.807, 2.05) is 0 Å². The number of benzene rings is 2. The van der Waals surface area contributed by atoms with Gasteiger partial charge in [-0.05, 0) is 24.3 Å². The summed E-state index contributed by atoms with van der Waals surface area (Å²) >= 11 is 0. The van der Waals surface area contributed by atoms with Crippen LogP contribution >= 0.6 is 0 Å². The molecule has 3 rings (SSSR count). The summed E-state index contributed by atoms with van der Waals surface area (Å²) in [6.07, 6.45) is 2.81. The summed E-state index contributed by atoms with van der Waals surface area (Å²) in [6.45, 7) is -0.0966. The first-order chi connectivity index (χ1) is 15.0. The normalized spacial score (nSPS) is 10.8. The monoisotopic (exact) mass is 426 g/mol. The van der Waals surface area contributed by atoms with Crippen molar-refractivity contribution in [1.29, 1.82) is 0 Å². The minimum Gasteiger partial charge on any atom is -0.497 e. The number of carbonyl (C=O) groups is 1. The molecule has 2 aromatic carbocycles. The molecule has 1 aromatic heterocycles. The highest BCUT2D eigenvalue weighted by Crippen LogP contribution is 2.35. The van der Waals surface area contributed by atoms with E-state index in [4.69, 9.17) is 28.1 Å². The highest BCUT2D eigenvalue weighted by Gasteiger charge is 2.12. The van der Waals surface area contributed by atoms with Crippen LogP contribution in [-0.2, 0) is 16.1 Å². The summed E-state index contributed by atoms with van der Waals surface area (Å²) in [5.41, 5.74) is 0.940. The number of hydrogen-bond acceptors (Lipinski definition) is 8. The fourth-order valence-electron chi connectivity index (χ4n) is 2.99. The van der Waals surface area contributed by atoms with Crippen molar-refractivity contribution in [2.75, 3.05) is 28.4 Å². The number of carbonyl (C=O) groups excluding carboxylic acids is 1. The van der Waals surface area contributed by atoms with Crippen molar-refractivity contribution in [2.24, 2.45) is 0 Å². The summed E-state index contributed by atoms with van der Waals surface area (Å²) in [6, 6.07) is 9.72. The highest BCUT2D eigenvalue weighted by molar-refractivity contribution is 5.88. The van der Waals surface area contributed by atoms with Crippen LogP contribution in [0.4, 0.5) is 0 Å². The number of fused-ring (bicyclic) bond motifs is 1. The molecule has 0 aliphatic carbocycles. The third-order valence-corrected chi connectivity index (χ3v) is 4.54. The molecule has 0 amide bonds. The van der Waals surface area contributed by atoms with Crippen LogP contribution in [0.25, 0.3) is 17.0 Å². The van der Waals surface area contributed by atoms with Gasteiger partial charge in [-0.1, -0.05) is 0 Å². The molecular formula is C23H22O8. The maximum atomic E-state index is 12.3. The lowest BCUT2D eigenvalue weighted by molar-refractivity contribution is -0.138. The van der Waals surface area contributed by atoms with E-state index in [0.717, 1.165) is 0 Å². The lowest BCUT2D eigenvalue weighted by Crippen LogP contribution is -2.05. The Labute approximate surface area is 178 Å². The summed E-state index contributed by atoms with van der Waals surface area (Å²) in [4.78, 5) is 24.1. The molecule has 0 radical (unpaired) electrons. The zero-order chi connectivity index (χ0) is 22.4. The van der Waals surface area contributed by atoms with Gasteiger partial charge in [0.25, 0.3) is 0 Å². The second-order valence-electron chi connectivity index (χ2n) is 6.34. The van der Waals surface area contributed by atoms with Crippen LogP contribution in [0.2, 0.25) is 0 Å². The Morgan fingerprint density at radius 2 is 1.61 bits per heavy atom. The van der Waals surface area contributed by atoms with Crippen LogP contribution in [0, 0.1) is 0 Å². The predicted octanol–water partition coefficient (Wildman–Crippen LogP) is 3.58. The minimum absolute atomic E-state index is 0.0966. The molecule has 0 saturated carbocycles. The average molecular weight is 426 g/mol. The van der Waals surface area contributed by atoms with Crippen molar-refractivity contribution in [2.45, 2.75) is 6.61 Å². The predicted molar refractivity (Wildman–Crippen MR) is 114 cm³/mol. The molecule has 0 aliphatic rings. The van der Waals surface area contributed by atoms with Gasteiger partial charge >= 0.3 is 11.6 Å². The fourth-order valence-corrected chi connectivity index (χ4v) is 2.99. The van der Waals surface area contributed by atoms with Crippen LogP contribution < -0.4 is 24.6 Å². The average Bonchev–Trinajstić information content (AvgIpc) is 2.79.